The Bertz CT molecular complexity index is 1770. The van der Waals surface area contributed by atoms with E-state index < -0.39 is 0 Å². The molecule has 0 atom stereocenters. The van der Waals surface area contributed by atoms with Crippen molar-refractivity contribution >= 4 is 43.9 Å². The fourth-order valence-corrected chi connectivity index (χ4v) is 4.69. The largest absolute Gasteiger partial charge is 0.456 e. The molecule has 0 aliphatic heterocycles. The van der Waals surface area contributed by atoms with Crippen molar-refractivity contribution in [3.8, 4) is 22.4 Å². The number of pyridine rings is 1. The normalized spacial score (nSPS) is 11.8. The first kappa shape index (κ1) is 17.3. The Morgan fingerprint density at radius 2 is 1.25 bits per heavy atom. The van der Waals surface area contributed by atoms with E-state index in [1.807, 2.05) is 60.8 Å². The minimum absolute atomic E-state index is 0.860. The minimum atomic E-state index is 0.860. The van der Waals surface area contributed by atoms with Crippen molar-refractivity contribution in [3.05, 3.63) is 103 Å². The molecule has 0 aliphatic carbocycles. The van der Waals surface area contributed by atoms with E-state index in [-0.39, 0.29) is 0 Å². The van der Waals surface area contributed by atoms with E-state index in [0.29, 0.717) is 0 Å². The van der Waals surface area contributed by atoms with Crippen molar-refractivity contribution in [1.29, 1.82) is 0 Å². The summed E-state index contributed by atoms with van der Waals surface area (Å²) in [6.07, 6.45) is 1.87. The molecule has 0 amide bonds. The molecular weight excluding hydrogens is 394 g/mol. The Balaban J connectivity index is 1.65. The van der Waals surface area contributed by atoms with Gasteiger partial charge in [0.1, 0.15) is 22.3 Å². The van der Waals surface area contributed by atoms with Crippen LogP contribution in [0.2, 0.25) is 0 Å². The molecule has 0 bridgehead atoms. The summed E-state index contributed by atoms with van der Waals surface area (Å²) in [5.41, 5.74) is 7.58. The number of hydrogen-bond acceptors (Lipinski definition) is 3. The molecule has 3 aromatic heterocycles. The lowest BCUT2D eigenvalue weighted by atomic mass is 9.96. The molecule has 3 heterocycles. The molecular formula is C29H17NO2. The molecule has 150 valence electrons. The molecule has 0 radical (unpaired) electrons. The van der Waals surface area contributed by atoms with Crippen LogP contribution in [0.4, 0.5) is 0 Å². The van der Waals surface area contributed by atoms with Gasteiger partial charge in [-0.25, -0.2) is 0 Å². The van der Waals surface area contributed by atoms with E-state index >= 15 is 0 Å². The third kappa shape index (κ3) is 2.45. The third-order valence-corrected chi connectivity index (χ3v) is 6.13. The molecule has 0 fully saturated rings. The maximum Gasteiger partial charge on any atom is 0.144 e. The molecule has 7 rings (SSSR count). The molecule has 0 spiro atoms. The Morgan fingerprint density at radius 1 is 0.531 bits per heavy atom. The monoisotopic (exact) mass is 411 g/mol. The van der Waals surface area contributed by atoms with Gasteiger partial charge in [-0.2, -0.15) is 0 Å². The molecule has 32 heavy (non-hydrogen) atoms. The second kappa shape index (κ2) is 6.56. The topological polar surface area (TPSA) is 39.2 Å². The van der Waals surface area contributed by atoms with Gasteiger partial charge >= 0.3 is 0 Å². The maximum absolute atomic E-state index is 6.45. The summed E-state index contributed by atoms with van der Waals surface area (Å²) in [4.78, 5) is 4.63. The fourth-order valence-electron chi connectivity index (χ4n) is 4.69. The Kier molecular flexibility index (Phi) is 3.55. The molecule has 0 aliphatic rings. The highest BCUT2D eigenvalue weighted by Crippen LogP contribution is 2.45. The zero-order chi connectivity index (χ0) is 21.1. The summed E-state index contributed by atoms with van der Waals surface area (Å²) < 4.78 is 12.7. The van der Waals surface area contributed by atoms with Crippen LogP contribution in [0.25, 0.3) is 66.3 Å². The predicted molar refractivity (Wildman–Crippen MR) is 130 cm³/mol. The summed E-state index contributed by atoms with van der Waals surface area (Å²) in [7, 11) is 0. The fraction of sp³-hybridized carbons (Fsp3) is 0. The van der Waals surface area contributed by atoms with E-state index in [0.717, 1.165) is 66.3 Å². The Hall–Kier alpha value is -4.37. The number of rotatable bonds is 2. The van der Waals surface area contributed by atoms with E-state index in [2.05, 4.69) is 47.4 Å². The molecule has 0 unspecified atom stereocenters. The van der Waals surface area contributed by atoms with Crippen molar-refractivity contribution in [2.75, 3.05) is 0 Å². The van der Waals surface area contributed by atoms with E-state index in [1.165, 1.54) is 0 Å². The first-order valence-electron chi connectivity index (χ1n) is 10.6. The number of nitrogens with zero attached hydrogens (tertiary/aromatic N) is 1. The lowest BCUT2D eigenvalue weighted by Crippen LogP contribution is -1.87. The van der Waals surface area contributed by atoms with Crippen LogP contribution in [0, 0.1) is 0 Å². The Labute approximate surface area is 183 Å². The van der Waals surface area contributed by atoms with Crippen LogP contribution in [0.15, 0.2) is 112 Å². The molecule has 3 heteroatoms. The van der Waals surface area contributed by atoms with Crippen LogP contribution in [0.3, 0.4) is 0 Å². The quantitative estimate of drug-likeness (QED) is 0.288. The summed E-state index contributed by atoms with van der Waals surface area (Å²) in [6, 6.07) is 32.9. The first-order chi connectivity index (χ1) is 15.9. The Morgan fingerprint density at radius 3 is 2.09 bits per heavy atom. The van der Waals surface area contributed by atoms with Crippen molar-refractivity contribution in [3.63, 3.8) is 0 Å². The van der Waals surface area contributed by atoms with Gasteiger partial charge in [-0.15, -0.1) is 0 Å². The second-order valence-electron chi connectivity index (χ2n) is 7.99. The first-order valence-corrected chi connectivity index (χ1v) is 10.6. The van der Waals surface area contributed by atoms with Gasteiger partial charge < -0.3 is 8.83 Å². The average Bonchev–Trinajstić information content (AvgIpc) is 3.41. The number of aromatic nitrogens is 1. The highest BCUT2D eigenvalue weighted by atomic mass is 16.3. The van der Waals surface area contributed by atoms with E-state index in [4.69, 9.17) is 8.83 Å². The summed E-state index contributed by atoms with van der Waals surface area (Å²) >= 11 is 0. The predicted octanol–water partition coefficient (Wildman–Crippen LogP) is 8.21. The molecule has 7 aromatic rings. The van der Waals surface area contributed by atoms with Gasteiger partial charge in [0, 0.05) is 38.9 Å². The van der Waals surface area contributed by atoms with Crippen molar-refractivity contribution < 1.29 is 8.83 Å². The molecule has 0 N–H and O–H groups in total. The van der Waals surface area contributed by atoms with Crippen LogP contribution >= 0.6 is 0 Å². The summed E-state index contributed by atoms with van der Waals surface area (Å²) in [5.74, 6) is 0. The number of para-hydroxylation sites is 2. The van der Waals surface area contributed by atoms with Gasteiger partial charge in [0.2, 0.25) is 0 Å². The maximum atomic E-state index is 6.45. The van der Waals surface area contributed by atoms with Gasteiger partial charge in [-0.1, -0.05) is 66.7 Å². The zero-order valence-corrected chi connectivity index (χ0v) is 17.1. The molecule has 0 saturated carbocycles. The van der Waals surface area contributed by atoms with Crippen LogP contribution in [0.1, 0.15) is 0 Å². The number of furan rings is 2. The standard InChI is InChI=1S/C29H17NO2/c1-2-8-18(9-3-1)23-16-19(14-15-30-23)27-28-21-11-5-7-13-25(21)31-26(28)17-22-20-10-4-6-12-24(20)32-29(22)27/h1-17H. The van der Waals surface area contributed by atoms with E-state index in [9.17, 15) is 0 Å². The lowest BCUT2D eigenvalue weighted by Gasteiger charge is -2.08. The zero-order valence-electron chi connectivity index (χ0n) is 17.1. The lowest BCUT2D eigenvalue weighted by molar-refractivity contribution is 0.664. The highest BCUT2D eigenvalue weighted by Gasteiger charge is 2.21. The minimum Gasteiger partial charge on any atom is -0.456 e. The number of benzene rings is 4. The number of hydrogen-bond donors (Lipinski definition) is 0. The van der Waals surface area contributed by atoms with Gasteiger partial charge in [-0.05, 0) is 35.9 Å². The second-order valence-corrected chi connectivity index (χ2v) is 7.99. The van der Waals surface area contributed by atoms with Gasteiger partial charge in [-0.3, -0.25) is 4.98 Å². The van der Waals surface area contributed by atoms with Crippen LogP contribution in [-0.4, -0.2) is 4.98 Å². The van der Waals surface area contributed by atoms with Crippen molar-refractivity contribution in [2.45, 2.75) is 0 Å². The van der Waals surface area contributed by atoms with E-state index in [1.54, 1.807) is 0 Å². The number of fused-ring (bicyclic) bond motifs is 6. The summed E-state index contributed by atoms with van der Waals surface area (Å²) in [5, 5.41) is 4.29. The third-order valence-electron chi connectivity index (χ3n) is 6.13. The summed E-state index contributed by atoms with van der Waals surface area (Å²) in [6.45, 7) is 0. The van der Waals surface area contributed by atoms with Crippen LogP contribution < -0.4 is 0 Å². The SMILES string of the molecule is c1ccc(-c2cc(-c3c4oc5ccccc5c4cc4oc5ccccc5c34)ccn2)cc1. The van der Waals surface area contributed by atoms with Gasteiger partial charge in [0.25, 0.3) is 0 Å². The highest BCUT2D eigenvalue weighted by molar-refractivity contribution is 6.23. The van der Waals surface area contributed by atoms with Gasteiger partial charge in [0.05, 0.1) is 5.69 Å². The van der Waals surface area contributed by atoms with Crippen molar-refractivity contribution in [1.82, 2.24) is 4.98 Å². The average molecular weight is 411 g/mol. The molecule has 0 saturated heterocycles. The van der Waals surface area contributed by atoms with Gasteiger partial charge in [0.15, 0.2) is 0 Å². The smallest absolute Gasteiger partial charge is 0.144 e. The van der Waals surface area contributed by atoms with Crippen LogP contribution in [-0.2, 0) is 0 Å². The molecule has 4 aromatic carbocycles. The van der Waals surface area contributed by atoms with Crippen LogP contribution in [0.5, 0.6) is 0 Å². The van der Waals surface area contributed by atoms with Crippen molar-refractivity contribution in [2.24, 2.45) is 0 Å². The molecule has 3 nitrogen and oxygen atoms in total.